The van der Waals surface area contributed by atoms with Gasteiger partial charge < -0.3 is 9.30 Å². The summed E-state index contributed by atoms with van der Waals surface area (Å²) < 4.78 is 19.7. The van der Waals surface area contributed by atoms with E-state index >= 15 is 0 Å². The topological polar surface area (TPSA) is 77.4 Å². The molecule has 2 amide bonds. The van der Waals surface area contributed by atoms with Crippen molar-refractivity contribution < 1.29 is 23.5 Å². The summed E-state index contributed by atoms with van der Waals surface area (Å²) in [6.45, 7) is -0.736. The van der Waals surface area contributed by atoms with E-state index in [1.165, 1.54) is 22.8 Å². The van der Waals surface area contributed by atoms with Crippen molar-refractivity contribution in [2.24, 2.45) is 7.05 Å². The Bertz CT molecular complexity index is 752. The summed E-state index contributed by atoms with van der Waals surface area (Å²) in [6, 6.07) is 6.86. The Hall–Kier alpha value is -2.67. The Labute approximate surface area is 135 Å². The lowest BCUT2D eigenvalue weighted by atomic mass is 10.2. The number of hydrogen-bond donors (Lipinski definition) is 1. The smallest absolute Gasteiger partial charge is 0.343 e. The molecule has 0 saturated carbocycles. The van der Waals surface area contributed by atoms with Gasteiger partial charge in [-0.15, -0.1) is 0 Å². The molecule has 0 radical (unpaired) electrons. The Morgan fingerprint density at radius 3 is 2.61 bits per heavy atom. The van der Waals surface area contributed by atoms with Crippen LogP contribution < -0.4 is 5.32 Å². The van der Waals surface area contributed by atoms with Crippen LogP contribution >= 0.6 is 11.6 Å². The van der Waals surface area contributed by atoms with Crippen LogP contribution in [-0.4, -0.2) is 29.0 Å². The summed E-state index contributed by atoms with van der Waals surface area (Å²) in [6.07, 6.45) is 1.64. The largest absolute Gasteiger partial charge is 0.452 e. The van der Waals surface area contributed by atoms with Gasteiger partial charge in [-0.1, -0.05) is 17.7 Å². The highest BCUT2D eigenvalue weighted by molar-refractivity contribution is 6.33. The van der Waals surface area contributed by atoms with Gasteiger partial charge in [0.1, 0.15) is 17.1 Å². The normalized spacial score (nSPS) is 10.2. The van der Waals surface area contributed by atoms with Gasteiger partial charge in [-0.25, -0.2) is 9.18 Å². The fourth-order valence-electron chi connectivity index (χ4n) is 1.82. The number of amides is 2. The lowest BCUT2D eigenvalue weighted by Crippen LogP contribution is -2.35. The SMILES string of the molecule is Cn1cccc1C(=O)NC(=O)COC(=O)c1c(F)cccc1Cl. The fraction of sp³-hybridized carbons (Fsp3) is 0.133. The number of nitrogens with one attached hydrogen (secondary N) is 1. The van der Waals surface area contributed by atoms with E-state index in [1.807, 2.05) is 0 Å². The van der Waals surface area contributed by atoms with E-state index in [4.69, 9.17) is 11.6 Å². The quantitative estimate of drug-likeness (QED) is 0.864. The fourth-order valence-corrected chi connectivity index (χ4v) is 2.06. The lowest BCUT2D eigenvalue weighted by molar-refractivity contribution is -0.123. The molecule has 0 aliphatic heterocycles. The van der Waals surface area contributed by atoms with Crippen molar-refractivity contribution in [1.29, 1.82) is 0 Å². The van der Waals surface area contributed by atoms with Gasteiger partial charge >= 0.3 is 5.97 Å². The highest BCUT2D eigenvalue weighted by Gasteiger charge is 2.19. The maximum absolute atomic E-state index is 13.5. The molecule has 0 bridgehead atoms. The molecule has 1 heterocycles. The highest BCUT2D eigenvalue weighted by atomic mass is 35.5. The Morgan fingerprint density at radius 2 is 2.00 bits per heavy atom. The zero-order valence-electron chi connectivity index (χ0n) is 12.0. The summed E-state index contributed by atoms with van der Waals surface area (Å²) in [5, 5.41) is 1.93. The van der Waals surface area contributed by atoms with Gasteiger partial charge in [0.2, 0.25) is 0 Å². The first-order chi connectivity index (χ1) is 10.9. The maximum atomic E-state index is 13.5. The molecule has 0 unspecified atom stereocenters. The molecule has 8 heteroatoms. The van der Waals surface area contributed by atoms with Crippen LogP contribution in [0.25, 0.3) is 0 Å². The van der Waals surface area contributed by atoms with Gasteiger partial charge in [0.15, 0.2) is 6.61 Å². The van der Waals surface area contributed by atoms with E-state index in [1.54, 1.807) is 19.3 Å². The molecule has 1 aromatic carbocycles. The number of halogens is 2. The van der Waals surface area contributed by atoms with Crippen molar-refractivity contribution in [1.82, 2.24) is 9.88 Å². The Kier molecular flexibility index (Phi) is 5.13. The first kappa shape index (κ1) is 16.7. The minimum absolute atomic E-state index is 0.129. The third kappa shape index (κ3) is 3.95. The third-order valence-corrected chi connectivity index (χ3v) is 3.25. The molecule has 1 N–H and O–H groups in total. The number of benzene rings is 1. The predicted octanol–water partition coefficient (Wildman–Crippen LogP) is 1.93. The van der Waals surface area contributed by atoms with Crippen LogP contribution in [-0.2, 0) is 16.6 Å². The van der Waals surface area contributed by atoms with Gasteiger partial charge in [0, 0.05) is 13.2 Å². The van der Waals surface area contributed by atoms with Crippen molar-refractivity contribution in [3.63, 3.8) is 0 Å². The van der Waals surface area contributed by atoms with E-state index in [-0.39, 0.29) is 10.7 Å². The number of nitrogens with zero attached hydrogens (tertiary/aromatic N) is 1. The molecule has 120 valence electrons. The van der Waals surface area contributed by atoms with Crippen LogP contribution in [0.1, 0.15) is 20.8 Å². The molecular formula is C15H12ClFN2O4. The summed E-state index contributed by atoms with van der Waals surface area (Å²) in [5.74, 6) is -3.42. The highest BCUT2D eigenvalue weighted by Crippen LogP contribution is 2.19. The minimum atomic E-state index is -1.09. The second-order valence-electron chi connectivity index (χ2n) is 4.55. The van der Waals surface area contributed by atoms with Crippen molar-refractivity contribution >= 4 is 29.4 Å². The monoisotopic (exact) mass is 338 g/mol. The molecule has 0 aliphatic rings. The van der Waals surface area contributed by atoms with Crippen LogP contribution in [0, 0.1) is 5.82 Å². The number of hydrogen-bond acceptors (Lipinski definition) is 4. The average Bonchev–Trinajstić information content (AvgIpc) is 2.91. The van der Waals surface area contributed by atoms with Gasteiger partial charge in [-0.05, 0) is 24.3 Å². The van der Waals surface area contributed by atoms with E-state index in [2.05, 4.69) is 10.1 Å². The molecule has 1 aromatic heterocycles. The van der Waals surface area contributed by atoms with Crippen LogP contribution in [0.15, 0.2) is 36.5 Å². The van der Waals surface area contributed by atoms with Crippen LogP contribution in [0.5, 0.6) is 0 Å². The summed E-state index contributed by atoms with van der Waals surface area (Å²) >= 11 is 5.71. The minimum Gasteiger partial charge on any atom is -0.452 e. The summed E-state index contributed by atoms with van der Waals surface area (Å²) in [4.78, 5) is 35.1. The summed E-state index contributed by atoms with van der Waals surface area (Å²) in [5.41, 5.74) is -0.197. The zero-order valence-corrected chi connectivity index (χ0v) is 12.8. The molecular weight excluding hydrogens is 327 g/mol. The molecule has 2 aromatic rings. The van der Waals surface area contributed by atoms with Crippen molar-refractivity contribution in [3.05, 3.63) is 58.6 Å². The molecule has 0 saturated heterocycles. The number of aromatic nitrogens is 1. The van der Waals surface area contributed by atoms with Crippen LogP contribution in [0.4, 0.5) is 4.39 Å². The van der Waals surface area contributed by atoms with Gasteiger partial charge in [-0.2, -0.15) is 0 Å². The third-order valence-electron chi connectivity index (χ3n) is 2.93. The first-order valence-electron chi connectivity index (χ1n) is 6.47. The second-order valence-corrected chi connectivity index (χ2v) is 4.96. The molecule has 0 spiro atoms. The summed E-state index contributed by atoms with van der Waals surface area (Å²) in [7, 11) is 1.64. The number of carbonyl (C=O) groups excluding carboxylic acids is 3. The average molecular weight is 339 g/mol. The Morgan fingerprint density at radius 1 is 1.26 bits per heavy atom. The number of esters is 1. The number of carbonyl (C=O) groups is 3. The standard InChI is InChI=1S/C15H12ClFN2O4/c1-19-7-3-6-11(19)14(21)18-12(20)8-23-15(22)13-9(16)4-2-5-10(13)17/h2-7H,8H2,1H3,(H,18,20,21). The van der Waals surface area contributed by atoms with Gasteiger partial charge in [-0.3, -0.25) is 14.9 Å². The van der Waals surface area contributed by atoms with E-state index in [9.17, 15) is 18.8 Å². The molecule has 0 fully saturated rings. The van der Waals surface area contributed by atoms with E-state index in [0.717, 1.165) is 6.07 Å². The van der Waals surface area contributed by atoms with Crippen molar-refractivity contribution in [2.75, 3.05) is 6.61 Å². The maximum Gasteiger partial charge on any atom is 0.343 e. The predicted molar refractivity (Wildman–Crippen MR) is 79.6 cm³/mol. The second kappa shape index (κ2) is 7.06. The molecule has 0 atom stereocenters. The van der Waals surface area contributed by atoms with Crippen molar-refractivity contribution in [3.8, 4) is 0 Å². The number of imide groups is 1. The van der Waals surface area contributed by atoms with Crippen LogP contribution in [0.2, 0.25) is 5.02 Å². The van der Waals surface area contributed by atoms with E-state index < -0.39 is 35.8 Å². The number of ether oxygens (including phenoxy) is 1. The lowest BCUT2D eigenvalue weighted by Gasteiger charge is -2.08. The number of rotatable bonds is 4. The van der Waals surface area contributed by atoms with Gasteiger partial charge in [0.25, 0.3) is 11.8 Å². The zero-order chi connectivity index (χ0) is 17.0. The molecule has 6 nitrogen and oxygen atoms in total. The molecule has 0 aliphatic carbocycles. The van der Waals surface area contributed by atoms with Crippen LogP contribution in [0.3, 0.4) is 0 Å². The number of aryl methyl sites for hydroxylation is 1. The Balaban J connectivity index is 1.93. The molecule has 2 rings (SSSR count). The first-order valence-corrected chi connectivity index (χ1v) is 6.84. The molecule has 23 heavy (non-hydrogen) atoms. The van der Waals surface area contributed by atoms with E-state index in [0.29, 0.717) is 0 Å². The van der Waals surface area contributed by atoms with Gasteiger partial charge in [0.05, 0.1) is 5.02 Å². The van der Waals surface area contributed by atoms with Crippen molar-refractivity contribution in [2.45, 2.75) is 0 Å².